The van der Waals surface area contributed by atoms with Gasteiger partial charge < -0.3 is 10.2 Å². The van der Waals surface area contributed by atoms with Gasteiger partial charge in [-0.2, -0.15) is 5.10 Å². The molecular formula is C18H17BrFN7O. The first-order valence-corrected chi connectivity index (χ1v) is 9.57. The summed E-state index contributed by atoms with van der Waals surface area (Å²) < 4.78 is 16.2. The van der Waals surface area contributed by atoms with Crippen molar-refractivity contribution in [3.05, 3.63) is 53.5 Å². The minimum atomic E-state index is -0.469. The van der Waals surface area contributed by atoms with Crippen LogP contribution in [0, 0.1) is 11.7 Å². The predicted octanol–water partition coefficient (Wildman–Crippen LogP) is 2.81. The number of nitrogens with one attached hydrogen (secondary N) is 1. The molecule has 28 heavy (non-hydrogen) atoms. The Morgan fingerprint density at radius 3 is 2.86 bits per heavy atom. The molecule has 1 aliphatic heterocycles. The Morgan fingerprint density at radius 2 is 2.07 bits per heavy atom. The van der Waals surface area contributed by atoms with Crippen LogP contribution in [0.15, 0.2) is 47.7 Å². The summed E-state index contributed by atoms with van der Waals surface area (Å²) in [4.78, 5) is 27.2. The molecule has 10 heteroatoms. The minimum absolute atomic E-state index is 0.181. The number of hydrogen-bond acceptors (Lipinski definition) is 6. The molecule has 144 valence electrons. The molecule has 3 heterocycles. The van der Waals surface area contributed by atoms with E-state index < -0.39 is 5.82 Å². The van der Waals surface area contributed by atoms with Gasteiger partial charge in [-0.1, -0.05) is 15.9 Å². The summed E-state index contributed by atoms with van der Waals surface area (Å²) in [7, 11) is 0. The molecule has 1 saturated heterocycles. The highest BCUT2D eigenvalue weighted by molar-refractivity contribution is 9.10. The van der Waals surface area contributed by atoms with Crippen molar-refractivity contribution in [2.24, 2.45) is 5.92 Å². The van der Waals surface area contributed by atoms with Crippen molar-refractivity contribution >= 4 is 33.3 Å². The second kappa shape index (κ2) is 8.01. The molecule has 1 N–H and O–H groups in total. The van der Waals surface area contributed by atoms with E-state index in [-0.39, 0.29) is 17.5 Å². The number of benzene rings is 1. The van der Waals surface area contributed by atoms with Crippen molar-refractivity contribution in [1.29, 1.82) is 0 Å². The van der Waals surface area contributed by atoms with Crippen LogP contribution < -0.4 is 10.2 Å². The number of hydrogen-bond donors (Lipinski definition) is 1. The first kappa shape index (κ1) is 18.5. The van der Waals surface area contributed by atoms with E-state index in [9.17, 15) is 9.18 Å². The number of carbonyl (C=O) groups is 1. The molecule has 8 nitrogen and oxygen atoms in total. The molecule has 3 aromatic rings. The highest BCUT2D eigenvalue weighted by atomic mass is 79.9. The van der Waals surface area contributed by atoms with Crippen molar-refractivity contribution < 1.29 is 9.18 Å². The molecule has 0 radical (unpaired) electrons. The van der Waals surface area contributed by atoms with Crippen LogP contribution in [0.5, 0.6) is 0 Å². The maximum absolute atomic E-state index is 14.0. The summed E-state index contributed by atoms with van der Waals surface area (Å²) in [6.45, 7) is 1.28. The SMILES string of the molecule is O=C(Nc1ccc(Br)cc1F)C1CCCN(c2cc(-n3cncn3)ncn2)C1. The van der Waals surface area contributed by atoms with Crippen LogP contribution in [-0.4, -0.2) is 43.7 Å². The zero-order chi connectivity index (χ0) is 19.5. The monoisotopic (exact) mass is 445 g/mol. The molecule has 0 aliphatic carbocycles. The lowest BCUT2D eigenvalue weighted by Crippen LogP contribution is -2.41. The van der Waals surface area contributed by atoms with Gasteiger partial charge in [0.15, 0.2) is 5.82 Å². The fraction of sp³-hybridized carbons (Fsp3) is 0.278. The summed E-state index contributed by atoms with van der Waals surface area (Å²) in [5, 5.41) is 6.77. The van der Waals surface area contributed by atoms with E-state index in [1.54, 1.807) is 23.1 Å². The molecular weight excluding hydrogens is 429 g/mol. The number of carbonyl (C=O) groups excluding carboxylic acids is 1. The largest absolute Gasteiger partial charge is 0.356 e. The Bertz CT molecular complexity index is 982. The summed E-state index contributed by atoms with van der Waals surface area (Å²) in [6.07, 6.45) is 6.04. The Morgan fingerprint density at radius 1 is 1.21 bits per heavy atom. The number of anilines is 2. The smallest absolute Gasteiger partial charge is 0.229 e. The average molecular weight is 446 g/mol. The Balaban J connectivity index is 1.47. The lowest BCUT2D eigenvalue weighted by atomic mass is 9.97. The van der Waals surface area contributed by atoms with Crippen molar-refractivity contribution in [1.82, 2.24) is 24.7 Å². The highest BCUT2D eigenvalue weighted by Crippen LogP contribution is 2.25. The average Bonchev–Trinajstić information content (AvgIpc) is 3.25. The standard InChI is InChI=1S/C18H17BrFN7O/c19-13-3-4-15(14(20)6-13)25-18(28)12-2-1-5-26(8-12)16-7-17(23-10-22-16)27-11-21-9-24-27/h3-4,6-7,9-12H,1-2,5,8H2,(H,25,28). The summed E-state index contributed by atoms with van der Waals surface area (Å²) in [5.41, 5.74) is 0.181. The predicted molar refractivity (Wildman–Crippen MR) is 105 cm³/mol. The van der Waals surface area contributed by atoms with Gasteiger partial charge in [-0.25, -0.2) is 24.0 Å². The van der Waals surface area contributed by atoms with Crippen LogP contribution in [0.3, 0.4) is 0 Å². The van der Waals surface area contributed by atoms with E-state index in [4.69, 9.17) is 0 Å². The molecule has 0 saturated carbocycles. The summed E-state index contributed by atoms with van der Waals surface area (Å²) >= 11 is 3.21. The zero-order valence-electron chi connectivity index (χ0n) is 14.8. The number of amides is 1. The van der Waals surface area contributed by atoms with Gasteiger partial charge in [-0.3, -0.25) is 4.79 Å². The van der Waals surface area contributed by atoms with Crippen molar-refractivity contribution in [2.75, 3.05) is 23.3 Å². The van der Waals surface area contributed by atoms with Gasteiger partial charge in [-0.15, -0.1) is 0 Å². The van der Waals surface area contributed by atoms with Crippen LogP contribution in [0.1, 0.15) is 12.8 Å². The lowest BCUT2D eigenvalue weighted by Gasteiger charge is -2.32. The van der Waals surface area contributed by atoms with E-state index in [1.807, 2.05) is 11.0 Å². The third-order valence-electron chi connectivity index (χ3n) is 4.60. The molecule has 1 fully saturated rings. The Hall–Kier alpha value is -2.88. The first-order chi connectivity index (χ1) is 13.6. The summed E-state index contributed by atoms with van der Waals surface area (Å²) in [5.74, 6) is 0.389. The highest BCUT2D eigenvalue weighted by Gasteiger charge is 2.27. The third-order valence-corrected chi connectivity index (χ3v) is 5.09. The molecule has 1 unspecified atom stereocenters. The fourth-order valence-corrected chi connectivity index (χ4v) is 3.52. The number of rotatable bonds is 4. The van der Waals surface area contributed by atoms with Gasteiger partial charge in [0, 0.05) is 23.6 Å². The summed E-state index contributed by atoms with van der Waals surface area (Å²) in [6, 6.07) is 6.38. The third kappa shape index (κ3) is 4.01. The fourth-order valence-electron chi connectivity index (χ4n) is 3.19. The van der Waals surface area contributed by atoms with Crippen LogP contribution in [0.4, 0.5) is 15.9 Å². The van der Waals surface area contributed by atoms with Crippen molar-refractivity contribution in [3.63, 3.8) is 0 Å². The molecule has 0 spiro atoms. The van der Waals surface area contributed by atoms with Gasteiger partial charge in [0.25, 0.3) is 0 Å². The lowest BCUT2D eigenvalue weighted by molar-refractivity contribution is -0.120. The van der Waals surface area contributed by atoms with E-state index >= 15 is 0 Å². The van der Waals surface area contributed by atoms with Crippen LogP contribution in [-0.2, 0) is 4.79 Å². The number of nitrogens with zero attached hydrogens (tertiary/aromatic N) is 6. The van der Waals surface area contributed by atoms with Crippen LogP contribution in [0.2, 0.25) is 0 Å². The van der Waals surface area contributed by atoms with E-state index in [0.29, 0.717) is 22.7 Å². The molecule has 0 bridgehead atoms. The van der Waals surface area contributed by atoms with Gasteiger partial charge in [-0.05, 0) is 31.0 Å². The van der Waals surface area contributed by atoms with Gasteiger partial charge in [0.2, 0.25) is 5.91 Å². The van der Waals surface area contributed by atoms with Gasteiger partial charge >= 0.3 is 0 Å². The van der Waals surface area contributed by atoms with Crippen LogP contribution >= 0.6 is 15.9 Å². The van der Waals surface area contributed by atoms with Gasteiger partial charge in [0.1, 0.15) is 30.6 Å². The second-order valence-corrected chi connectivity index (χ2v) is 7.39. The molecule has 2 aromatic heterocycles. The molecule has 1 aromatic carbocycles. The number of piperidine rings is 1. The molecule has 4 rings (SSSR count). The van der Waals surface area contributed by atoms with Crippen molar-refractivity contribution in [2.45, 2.75) is 12.8 Å². The maximum atomic E-state index is 14.0. The van der Waals surface area contributed by atoms with Crippen molar-refractivity contribution in [3.8, 4) is 5.82 Å². The Kier molecular flexibility index (Phi) is 5.29. The van der Waals surface area contributed by atoms with E-state index in [0.717, 1.165) is 19.4 Å². The number of aromatic nitrogens is 5. The zero-order valence-corrected chi connectivity index (χ0v) is 16.4. The Labute approximate surface area is 168 Å². The van der Waals surface area contributed by atoms with E-state index in [1.165, 1.54) is 18.7 Å². The van der Waals surface area contributed by atoms with E-state index in [2.05, 4.69) is 41.3 Å². The first-order valence-electron chi connectivity index (χ1n) is 8.78. The van der Waals surface area contributed by atoms with Gasteiger partial charge in [0.05, 0.1) is 11.6 Å². The minimum Gasteiger partial charge on any atom is -0.356 e. The topological polar surface area (TPSA) is 88.8 Å². The normalized spacial score (nSPS) is 16.8. The molecule has 1 aliphatic rings. The van der Waals surface area contributed by atoms with Crippen LogP contribution in [0.25, 0.3) is 5.82 Å². The maximum Gasteiger partial charge on any atom is 0.229 e. The molecule has 1 atom stereocenters. The molecule has 1 amide bonds. The number of halogens is 2. The second-order valence-electron chi connectivity index (χ2n) is 6.47. The quantitative estimate of drug-likeness (QED) is 0.663.